The summed E-state index contributed by atoms with van der Waals surface area (Å²) in [4.78, 5) is 21.6. The molecule has 20 heavy (non-hydrogen) atoms. The Morgan fingerprint density at radius 3 is 2.75 bits per heavy atom. The molecule has 0 aromatic heterocycles. The highest BCUT2D eigenvalue weighted by Crippen LogP contribution is 2.25. The van der Waals surface area contributed by atoms with Gasteiger partial charge in [-0.1, -0.05) is 12.1 Å². The zero-order valence-corrected chi connectivity index (χ0v) is 11.9. The molecule has 0 bridgehead atoms. The van der Waals surface area contributed by atoms with Gasteiger partial charge in [0.05, 0.1) is 4.92 Å². The first-order valence-corrected chi connectivity index (χ1v) is 5.89. The highest BCUT2D eigenvalue weighted by atomic mass is 35.5. The quantitative estimate of drug-likeness (QED) is 0.582. The van der Waals surface area contributed by atoms with Gasteiger partial charge in [0.1, 0.15) is 0 Å². The largest absolute Gasteiger partial charge is 0.477 e. The van der Waals surface area contributed by atoms with Crippen molar-refractivity contribution in [3.63, 3.8) is 0 Å². The van der Waals surface area contributed by atoms with E-state index in [1.807, 2.05) is 6.92 Å². The number of nitrogens with one attached hydrogen (secondary N) is 1. The number of carbonyl (C=O) groups excluding carboxylic acids is 1. The van der Waals surface area contributed by atoms with Crippen molar-refractivity contribution in [1.29, 1.82) is 0 Å². The number of nitrogens with zero attached hydrogens (tertiary/aromatic N) is 1. The van der Waals surface area contributed by atoms with Gasteiger partial charge in [-0.25, -0.2) is 0 Å². The fraction of sp³-hybridized carbons (Fsp3) is 0.417. The van der Waals surface area contributed by atoms with Gasteiger partial charge >= 0.3 is 5.69 Å². The summed E-state index contributed by atoms with van der Waals surface area (Å²) >= 11 is 0. The Morgan fingerprint density at radius 1 is 1.50 bits per heavy atom. The van der Waals surface area contributed by atoms with Crippen LogP contribution in [0.25, 0.3) is 0 Å². The molecule has 0 heterocycles. The second kappa shape index (κ2) is 9.11. The van der Waals surface area contributed by atoms with Crippen LogP contribution < -0.4 is 15.8 Å². The number of nitro groups is 1. The molecule has 0 radical (unpaired) electrons. The van der Waals surface area contributed by atoms with Gasteiger partial charge in [0.25, 0.3) is 5.91 Å². The number of amides is 1. The molecule has 1 amide bonds. The van der Waals surface area contributed by atoms with Crippen molar-refractivity contribution in [2.45, 2.75) is 19.4 Å². The first kappa shape index (κ1) is 18.1. The van der Waals surface area contributed by atoms with Crippen LogP contribution in [-0.4, -0.2) is 30.0 Å². The molecular formula is C12H18ClN3O4. The van der Waals surface area contributed by atoms with Crippen LogP contribution in [0.3, 0.4) is 0 Å². The number of benzene rings is 1. The summed E-state index contributed by atoms with van der Waals surface area (Å²) in [6.07, 6.45) is 0.664. The molecule has 1 unspecified atom stereocenters. The fourth-order valence-electron chi connectivity index (χ4n) is 1.36. The number of ether oxygens (including phenoxy) is 1. The molecule has 3 N–H and O–H groups in total. The van der Waals surface area contributed by atoms with Crippen LogP contribution in [0.2, 0.25) is 0 Å². The maximum atomic E-state index is 11.4. The Morgan fingerprint density at radius 2 is 2.15 bits per heavy atom. The molecule has 1 aromatic carbocycles. The van der Waals surface area contributed by atoms with E-state index in [4.69, 9.17) is 10.5 Å². The van der Waals surface area contributed by atoms with Crippen LogP contribution in [0.4, 0.5) is 5.69 Å². The highest BCUT2D eigenvalue weighted by Gasteiger charge is 2.14. The van der Waals surface area contributed by atoms with Crippen LogP contribution in [0, 0.1) is 10.1 Å². The van der Waals surface area contributed by atoms with E-state index in [0.717, 1.165) is 0 Å². The van der Waals surface area contributed by atoms with Crippen molar-refractivity contribution in [3.05, 3.63) is 34.4 Å². The number of halogens is 1. The van der Waals surface area contributed by atoms with Crippen LogP contribution in [0.5, 0.6) is 5.75 Å². The van der Waals surface area contributed by atoms with Crippen molar-refractivity contribution in [1.82, 2.24) is 5.32 Å². The first-order valence-electron chi connectivity index (χ1n) is 5.89. The number of nitrogens with two attached hydrogens (primary N) is 1. The molecule has 8 heteroatoms. The van der Waals surface area contributed by atoms with Gasteiger partial charge in [0.15, 0.2) is 12.4 Å². The van der Waals surface area contributed by atoms with E-state index in [-0.39, 0.29) is 42.4 Å². The summed E-state index contributed by atoms with van der Waals surface area (Å²) in [5.41, 5.74) is 5.38. The molecule has 1 rings (SSSR count). The van der Waals surface area contributed by atoms with Gasteiger partial charge in [-0.15, -0.1) is 12.4 Å². The summed E-state index contributed by atoms with van der Waals surface area (Å²) in [7, 11) is 0. The van der Waals surface area contributed by atoms with Crippen LogP contribution in [0.1, 0.15) is 13.3 Å². The lowest BCUT2D eigenvalue weighted by molar-refractivity contribution is -0.385. The molecule has 0 aliphatic heterocycles. The van der Waals surface area contributed by atoms with Crippen molar-refractivity contribution in [3.8, 4) is 5.75 Å². The maximum Gasteiger partial charge on any atom is 0.310 e. The first-order chi connectivity index (χ1) is 9.00. The van der Waals surface area contributed by atoms with Gasteiger partial charge in [-0.05, 0) is 19.4 Å². The molecule has 0 saturated heterocycles. The standard InChI is InChI=1S/C12H17N3O4.ClH/c1-9(13)6-7-14-12(16)8-19-11-5-3-2-4-10(11)15(17)18;/h2-5,9H,6-8,13H2,1H3,(H,14,16);1H. The lowest BCUT2D eigenvalue weighted by Gasteiger charge is -2.08. The Labute approximate surface area is 123 Å². The average Bonchev–Trinajstić information content (AvgIpc) is 2.36. The SMILES string of the molecule is CC(N)CCNC(=O)COc1ccccc1[N+](=O)[O-].Cl. The molecule has 0 aliphatic carbocycles. The Kier molecular flexibility index (Phi) is 8.26. The molecule has 0 spiro atoms. The van der Waals surface area contributed by atoms with Crippen LogP contribution in [0.15, 0.2) is 24.3 Å². The minimum absolute atomic E-state index is 0. The lowest BCUT2D eigenvalue weighted by Crippen LogP contribution is -2.32. The van der Waals surface area contributed by atoms with E-state index in [9.17, 15) is 14.9 Å². The average molecular weight is 304 g/mol. The normalized spacial score (nSPS) is 11.1. The molecular weight excluding hydrogens is 286 g/mol. The van der Waals surface area contributed by atoms with E-state index in [1.165, 1.54) is 18.2 Å². The number of nitro benzene ring substituents is 1. The van der Waals surface area contributed by atoms with Crippen molar-refractivity contribution < 1.29 is 14.5 Å². The van der Waals surface area contributed by atoms with Crippen LogP contribution >= 0.6 is 12.4 Å². The minimum Gasteiger partial charge on any atom is -0.477 e. The van der Waals surface area contributed by atoms with E-state index >= 15 is 0 Å². The minimum atomic E-state index is -0.552. The van der Waals surface area contributed by atoms with E-state index < -0.39 is 4.92 Å². The van der Waals surface area contributed by atoms with Gasteiger partial charge in [0.2, 0.25) is 0 Å². The topological polar surface area (TPSA) is 107 Å². The Balaban J connectivity index is 0.00000361. The number of hydrogen-bond donors (Lipinski definition) is 2. The fourth-order valence-corrected chi connectivity index (χ4v) is 1.36. The molecule has 112 valence electrons. The molecule has 0 aliphatic rings. The third kappa shape index (κ3) is 6.35. The third-order valence-corrected chi connectivity index (χ3v) is 2.34. The highest BCUT2D eigenvalue weighted by molar-refractivity contribution is 5.85. The molecule has 1 atom stereocenters. The predicted octanol–water partition coefficient (Wildman–Crippen LogP) is 1.25. The van der Waals surface area contributed by atoms with E-state index in [2.05, 4.69) is 5.32 Å². The Bertz CT molecular complexity index is 454. The number of hydrogen-bond acceptors (Lipinski definition) is 5. The molecule has 1 aromatic rings. The maximum absolute atomic E-state index is 11.4. The van der Waals surface area contributed by atoms with Crippen LogP contribution in [-0.2, 0) is 4.79 Å². The number of para-hydroxylation sites is 2. The van der Waals surface area contributed by atoms with Gasteiger partial charge in [-0.3, -0.25) is 14.9 Å². The van der Waals surface area contributed by atoms with Crippen molar-refractivity contribution in [2.24, 2.45) is 5.73 Å². The summed E-state index contributed by atoms with van der Waals surface area (Å²) in [6.45, 7) is 2.04. The van der Waals surface area contributed by atoms with Gasteiger partial charge < -0.3 is 15.8 Å². The zero-order chi connectivity index (χ0) is 14.3. The van der Waals surface area contributed by atoms with Crippen molar-refractivity contribution in [2.75, 3.05) is 13.2 Å². The van der Waals surface area contributed by atoms with Gasteiger partial charge in [0, 0.05) is 18.7 Å². The lowest BCUT2D eigenvalue weighted by atomic mass is 10.2. The molecule has 0 saturated carbocycles. The predicted molar refractivity (Wildman–Crippen MR) is 77.1 cm³/mol. The van der Waals surface area contributed by atoms with E-state index in [0.29, 0.717) is 13.0 Å². The number of carbonyl (C=O) groups is 1. The van der Waals surface area contributed by atoms with E-state index in [1.54, 1.807) is 6.07 Å². The monoisotopic (exact) mass is 303 g/mol. The second-order valence-electron chi connectivity index (χ2n) is 4.13. The third-order valence-electron chi connectivity index (χ3n) is 2.34. The molecule has 0 fully saturated rings. The summed E-state index contributed by atoms with van der Waals surface area (Å²) in [5, 5.41) is 13.3. The number of rotatable bonds is 7. The second-order valence-corrected chi connectivity index (χ2v) is 4.13. The van der Waals surface area contributed by atoms with Gasteiger partial charge in [-0.2, -0.15) is 0 Å². The smallest absolute Gasteiger partial charge is 0.310 e. The zero-order valence-electron chi connectivity index (χ0n) is 11.1. The van der Waals surface area contributed by atoms with Crippen molar-refractivity contribution >= 4 is 24.0 Å². The summed E-state index contributed by atoms with van der Waals surface area (Å²) in [5.74, 6) is -0.256. The Hall–Kier alpha value is -1.86. The molecule has 7 nitrogen and oxygen atoms in total. The summed E-state index contributed by atoms with van der Waals surface area (Å²) < 4.78 is 5.13. The summed E-state index contributed by atoms with van der Waals surface area (Å²) in [6, 6.07) is 5.93.